The van der Waals surface area contributed by atoms with E-state index in [-0.39, 0.29) is 0 Å². The first-order chi connectivity index (χ1) is 8.11. The number of aromatic nitrogens is 1. The lowest BCUT2D eigenvalue weighted by atomic mass is 9.66. The van der Waals surface area contributed by atoms with Crippen molar-refractivity contribution in [3.05, 3.63) is 30.1 Å². The lowest BCUT2D eigenvalue weighted by Gasteiger charge is -2.40. The molecule has 0 bridgehead atoms. The van der Waals surface area contributed by atoms with E-state index in [9.17, 15) is 0 Å². The maximum atomic E-state index is 5.92. The normalized spacial score (nSPS) is 27.9. The van der Waals surface area contributed by atoms with Crippen LogP contribution in [0.4, 0.5) is 0 Å². The van der Waals surface area contributed by atoms with Crippen molar-refractivity contribution in [2.45, 2.75) is 39.5 Å². The van der Waals surface area contributed by atoms with Gasteiger partial charge in [0.25, 0.3) is 0 Å². The average molecular weight is 232 g/mol. The van der Waals surface area contributed by atoms with Crippen LogP contribution < -0.4 is 5.73 Å². The Morgan fingerprint density at radius 3 is 2.82 bits per heavy atom. The molecule has 1 aromatic heterocycles. The number of hydrogen-bond donors (Lipinski definition) is 1. The van der Waals surface area contributed by atoms with E-state index in [2.05, 4.69) is 31.0 Å². The minimum atomic E-state index is 0.477. The second-order valence-corrected chi connectivity index (χ2v) is 6.19. The first-order valence-electron chi connectivity index (χ1n) is 6.71. The molecule has 1 heterocycles. The standard InChI is InChI=1S/C15H24N2/c1-15(2)7-6-12(11-16)13(10-15)9-14-5-3-4-8-17-14/h3-5,8,12-13H,6-7,9-11,16H2,1-2H3. The van der Waals surface area contributed by atoms with Crippen LogP contribution in [0.3, 0.4) is 0 Å². The van der Waals surface area contributed by atoms with Gasteiger partial charge in [0, 0.05) is 11.9 Å². The molecule has 1 aliphatic rings. The molecule has 94 valence electrons. The van der Waals surface area contributed by atoms with Crippen molar-refractivity contribution in [1.82, 2.24) is 4.98 Å². The van der Waals surface area contributed by atoms with Gasteiger partial charge in [0.15, 0.2) is 0 Å². The van der Waals surface area contributed by atoms with E-state index in [1.165, 1.54) is 25.0 Å². The van der Waals surface area contributed by atoms with Gasteiger partial charge in [-0.3, -0.25) is 4.98 Å². The molecule has 0 aromatic carbocycles. The van der Waals surface area contributed by atoms with Gasteiger partial charge in [-0.1, -0.05) is 19.9 Å². The fourth-order valence-corrected chi connectivity index (χ4v) is 3.13. The van der Waals surface area contributed by atoms with Crippen molar-refractivity contribution in [1.29, 1.82) is 0 Å². The zero-order valence-corrected chi connectivity index (χ0v) is 11.0. The molecule has 2 atom stereocenters. The zero-order valence-electron chi connectivity index (χ0n) is 11.0. The minimum Gasteiger partial charge on any atom is -0.330 e. The molecule has 2 unspecified atom stereocenters. The molecule has 2 N–H and O–H groups in total. The van der Waals surface area contributed by atoms with Gasteiger partial charge in [0.1, 0.15) is 0 Å². The number of hydrogen-bond acceptors (Lipinski definition) is 2. The zero-order chi connectivity index (χ0) is 12.3. The van der Waals surface area contributed by atoms with Gasteiger partial charge in [-0.15, -0.1) is 0 Å². The fourth-order valence-electron chi connectivity index (χ4n) is 3.13. The van der Waals surface area contributed by atoms with Gasteiger partial charge in [0.05, 0.1) is 0 Å². The van der Waals surface area contributed by atoms with Gasteiger partial charge in [-0.05, 0) is 61.6 Å². The lowest BCUT2D eigenvalue weighted by Crippen LogP contribution is -2.35. The Kier molecular flexibility index (Phi) is 3.82. The number of pyridine rings is 1. The lowest BCUT2D eigenvalue weighted by molar-refractivity contribution is 0.121. The van der Waals surface area contributed by atoms with Crippen LogP contribution in [0.25, 0.3) is 0 Å². The molecule has 0 aliphatic heterocycles. The van der Waals surface area contributed by atoms with E-state index < -0.39 is 0 Å². The van der Waals surface area contributed by atoms with E-state index in [0.29, 0.717) is 17.3 Å². The molecule has 2 rings (SSSR count). The summed E-state index contributed by atoms with van der Waals surface area (Å²) in [6, 6.07) is 6.19. The predicted molar refractivity (Wildman–Crippen MR) is 71.6 cm³/mol. The summed E-state index contributed by atoms with van der Waals surface area (Å²) in [7, 11) is 0. The van der Waals surface area contributed by atoms with Gasteiger partial charge < -0.3 is 5.73 Å². The van der Waals surface area contributed by atoms with Gasteiger partial charge in [-0.2, -0.15) is 0 Å². The molecular weight excluding hydrogens is 208 g/mol. The van der Waals surface area contributed by atoms with Crippen molar-refractivity contribution in [2.24, 2.45) is 23.0 Å². The maximum Gasteiger partial charge on any atom is 0.0406 e. The highest BCUT2D eigenvalue weighted by molar-refractivity contribution is 5.05. The summed E-state index contributed by atoms with van der Waals surface area (Å²) in [5.74, 6) is 1.39. The van der Waals surface area contributed by atoms with Crippen LogP contribution in [0.1, 0.15) is 38.8 Å². The Labute approximate surface area is 105 Å². The highest BCUT2D eigenvalue weighted by atomic mass is 14.7. The minimum absolute atomic E-state index is 0.477. The third-order valence-electron chi connectivity index (χ3n) is 4.17. The van der Waals surface area contributed by atoms with Gasteiger partial charge in [-0.25, -0.2) is 0 Å². The van der Waals surface area contributed by atoms with Crippen molar-refractivity contribution in [3.8, 4) is 0 Å². The Morgan fingerprint density at radius 2 is 2.18 bits per heavy atom. The third kappa shape index (κ3) is 3.29. The number of nitrogens with two attached hydrogens (primary N) is 1. The molecule has 1 aliphatic carbocycles. The fraction of sp³-hybridized carbons (Fsp3) is 0.667. The Morgan fingerprint density at radius 1 is 1.35 bits per heavy atom. The topological polar surface area (TPSA) is 38.9 Å². The van der Waals surface area contributed by atoms with Crippen LogP contribution in [0.5, 0.6) is 0 Å². The van der Waals surface area contributed by atoms with Crippen LogP contribution >= 0.6 is 0 Å². The highest BCUT2D eigenvalue weighted by Crippen LogP contribution is 2.42. The Bertz CT molecular complexity index is 345. The molecule has 17 heavy (non-hydrogen) atoms. The van der Waals surface area contributed by atoms with E-state index in [1.54, 1.807) is 0 Å². The first-order valence-corrected chi connectivity index (χ1v) is 6.71. The molecule has 1 fully saturated rings. The third-order valence-corrected chi connectivity index (χ3v) is 4.17. The summed E-state index contributed by atoms with van der Waals surface area (Å²) >= 11 is 0. The van der Waals surface area contributed by atoms with Crippen LogP contribution in [-0.4, -0.2) is 11.5 Å². The Balaban J connectivity index is 2.06. The van der Waals surface area contributed by atoms with Crippen LogP contribution in [0.15, 0.2) is 24.4 Å². The molecule has 0 saturated heterocycles. The Hall–Kier alpha value is -0.890. The molecular formula is C15H24N2. The average Bonchev–Trinajstić information content (AvgIpc) is 2.30. The van der Waals surface area contributed by atoms with E-state index >= 15 is 0 Å². The monoisotopic (exact) mass is 232 g/mol. The molecule has 1 saturated carbocycles. The summed E-state index contributed by atoms with van der Waals surface area (Å²) in [5, 5.41) is 0. The van der Waals surface area contributed by atoms with Crippen molar-refractivity contribution < 1.29 is 0 Å². The molecule has 1 aromatic rings. The summed E-state index contributed by atoms with van der Waals surface area (Å²) in [4.78, 5) is 4.45. The van der Waals surface area contributed by atoms with Crippen molar-refractivity contribution in [3.63, 3.8) is 0 Å². The van der Waals surface area contributed by atoms with Gasteiger partial charge in [0.2, 0.25) is 0 Å². The molecule has 2 nitrogen and oxygen atoms in total. The first kappa shape index (κ1) is 12.6. The smallest absolute Gasteiger partial charge is 0.0406 e. The highest BCUT2D eigenvalue weighted by Gasteiger charge is 2.34. The summed E-state index contributed by atoms with van der Waals surface area (Å²) in [6.45, 7) is 5.59. The SMILES string of the molecule is CC1(C)CCC(CN)C(Cc2ccccn2)C1. The summed E-state index contributed by atoms with van der Waals surface area (Å²) < 4.78 is 0. The molecule has 0 spiro atoms. The largest absolute Gasteiger partial charge is 0.330 e. The van der Waals surface area contributed by atoms with Crippen LogP contribution in [-0.2, 0) is 6.42 Å². The quantitative estimate of drug-likeness (QED) is 0.870. The molecule has 0 amide bonds. The van der Waals surface area contributed by atoms with Crippen molar-refractivity contribution >= 4 is 0 Å². The summed E-state index contributed by atoms with van der Waals surface area (Å²) in [5.41, 5.74) is 7.61. The van der Waals surface area contributed by atoms with Crippen LogP contribution in [0, 0.1) is 17.3 Å². The molecule has 2 heteroatoms. The van der Waals surface area contributed by atoms with E-state index in [0.717, 1.165) is 13.0 Å². The van der Waals surface area contributed by atoms with E-state index in [4.69, 9.17) is 5.73 Å². The second kappa shape index (κ2) is 5.18. The van der Waals surface area contributed by atoms with Crippen molar-refractivity contribution in [2.75, 3.05) is 6.54 Å². The number of nitrogens with zero attached hydrogens (tertiary/aromatic N) is 1. The number of rotatable bonds is 3. The van der Waals surface area contributed by atoms with Gasteiger partial charge >= 0.3 is 0 Å². The van der Waals surface area contributed by atoms with E-state index in [1.807, 2.05) is 12.3 Å². The second-order valence-electron chi connectivity index (χ2n) is 6.19. The van der Waals surface area contributed by atoms with Crippen LogP contribution in [0.2, 0.25) is 0 Å². The summed E-state index contributed by atoms with van der Waals surface area (Å²) in [6.07, 6.45) is 6.85. The predicted octanol–water partition coefficient (Wildman–Crippen LogP) is 3.03. The molecule has 0 radical (unpaired) electrons. The maximum absolute atomic E-state index is 5.92.